The van der Waals surface area contributed by atoms with Gasteiger partial charge in [-0.3, -0.25) is 9.59 Å². The van der Waals surface area contributed by atoms with Gasteiger partial charge in [0.15, 0.2) is 0 Å². The van der Waals surface area contributed by atoms with Crippen molar-refractivity contribution in [2.24, 2.45) is 0 Å². The van der Waals surface area contributed by atoms with Gasteiger partial charge in [-0.1, -0.05) is 84.1 Å². The number of hydrogen-bond acceptors (Lipinski definition) is 3. The highest BCUT2D eigenvalue weighted by atomic mass is 16.4. The molecular formula is C27H44N2O4. The van der Waals surface area contributed by atoms with Gasteiger partial charge < -0.3 is 15.3 Å². The lowest BCUT2D eigenvalue weighted by Crippen LogP contribution is -2.33. The SMILES string of the molecule is CCCCCCCCN(CCCCCCCC)C(=O)CCC(=O)Nc1cccc(C(=O)O)c1. The number of nitrogens with one attached hydrogen (secondary N) is 1. The van der Waals surface area contributed by atoms with Crippen molar-refractivity contribution < 1.29 is 19.5 Å². The van der Waals surface area contributed by atoms with Crippen LogP contribution in [0.15, 0.2) is 24.3 Å². The number of rotatable bonds is 19. The number of carbonyl (C=O) groups excluding carboxylic acids is 2. The van der Waals surface area contributed by atoms with Crippen molar-refractivity contribution in [3.05, 3.63) is 29.8 Å². The predicted molar refractivity (Wildman–Crippen MR) is 135 cm³/mol. The summed E-state index contributed by atoms with van der Waals surface area (Å²) in [5, 5.41) is 11.8. The molecule has 0 aliphatic heterocycles. The van der Waals surface area contributed by atoms with Crippen LogP contribution in [0.1, 0.15) is 114 Å². The molecular weight excluding hydrogens is 416 g/mol. The molecule has 0 atom stereocenters. The molecule has 6 heteroatoms. The Balaban J connectivity index is 2.48. The number of unbranched alkanes of at least 4 members (excludes halogenated alkanes) is 10. The van der Waals surface area contributed by atoms with E-state index in [9.17, 15) is 14.4 Å². The average Bonchev–Trinajstić information content (AvgIpc) is 2.80. The molecule has 1 rings (SSSR count). The normalized spacial score (nSPS) is 10.7. The summed E-state index contributed by atoms with van der Waals surface area (Å²) in [7, 11) is 0. The van der Waals surface area contributed by atoms with Crippen LogP contribution in [-0.2, 0) is 9.59 Å². The van der Waals surface area contributed by atoms with Gasteiger partial charge in [0.05, 0.1) is 5.56 Å². The van der Waals surface area contributed by atoms with E-state index in [1.165, 1.54) is 63.5 Å². The summed E-state index contributed by atoms with van der Waals surface area (Å²) in [5.41, 5.74) is 0.552. The fraction of sp³-hybridized carbons (Fsp3) is 0.667. The number of anilines is 1. The maximum atomic E-state index is 12.8. The van der Waals surface area contributed by atoms with E-state index in [1.807, 2.05) is 4.90 Å². The molecule has 1 aromatic rings. The Hall–Kier alpha value is -2.37. The summed E-state index contributed by atoms with van der Waals surface area (Å²) < 4.78 is 0. The molecule has 0 heterocycles. The number of carbonyl (C=O) groups is 3. The van der Waals surface area contributed by atoms with Crippen LogP contribution < -0.4 is 5.32 Å². The number of aromatic carboxylic acids is 1. The maximum Gasteiger partial charge on any atom is 0.335 e. The van der Waals surface area contributed by atoms with Gasteiger partial charge in [-0.25, -0.2) is 4.79 Å². The highest BCUT2D eigenvalue weighted by Crippen LogP contribution is 2.13. The summed E-state index contributed by atoms with van der Waals surface area (Å²) in [6.45, 7) is 5.95. The van der Waals surface area contributed by atoms with Crippen LogP contribution in [0.2, 0.25) is 0 Å². The van der Waals surface area contributed by atoms with Crippen molar-refractivity contribution in [1.29, 1.82) is 0 Å². The standard InChI is InChI=1S/C27H44N2O4/c1-3-5-7-9-11-13-20-29(21-14-12-10-8-6-4-2)26(31)19-18-25(30)28-24-17-15-16-23(22-24)27(32)33/h15-17,22H,3-14,18-21H2,1-2H3,(H,28,30)(H,32,33). The molecule has 0 unspecified atom stereocenters. The molecule has 0 bridgehead atoms. The lowest BCUT2D eigenvalue weighted by Gasteiger charge is -2.23. The van der Waals surface area contributed by atoms with Crippen molar-refractivity contribution in [2.45, 2.75) is 104 Å². The van der Waals surface area contributed by atoms with Gasteiger partial charge in [-0.2, -0.15) is 0 Å². The van der Waals surface area contributed by atoms with E-state index in [0.717, 1.165) is 38.8 Å². The van der Waals surface area contributed by atoms with Crippen molar-refractivity contribution in [2.75, 3.05) is 18.4 Å². The minimum absolute atomic E-state index is 0.0338. The first-order valence-electron chi connectivity index (χ1n) is 12.9. The third kappa shape index (κ3) is 13.7. The van der Waals surface area contributed by atoms with Crippen molar-refractivity contribution >= 4 is 23.5 Å². The zero-order chi connectivity index (χ0) is 24.3. The van der Waals surface area contributed by atoms with E-state index in [2.05, 4.69) is 19.2 Å². The Labute approximate surface area is 200 Å². The zero-order valence-corrected chi connectivity index (χ0v) is 20.7. The van der Waals surface area contributed by atoms with Gasteiger partial charge in [-0.15, -0.1) is 0 Å². The first-order chi connectivity index (χ1) is 16.0. The highest BCUT2D eigenvalue weighted by molar-refractivity contribution is 5.95. The maximum absolute atomic E-state index is 12.8. The van der Waals surface area contributed by atoms with Crippen LogP contribution in [0, 0.1) is 0 Å². The molecule has 33 heavy (non-hydrogen) atoms. The van der Waals surface area contributed by atoms with E-state index >= 15 is 0 Å². The Morgan fingerprint density at radius 2 is 1.33 bits per heavy atom. The molecule has 0 aromatic heterocycles. The summed E-state index contributed by atoms with van der Waals surface area (Å²) in [6, 6.07) is 6.14. The van der Waals surface area contributed by atoms with Crippen LogP contribution in [0.4, 0.5) is 5.69 Å². The summed E-state index contributed by atoms with van der Waals surface area (Å²) in [6.07, 6.45) is 14.5. The number of benzene rings is 1. The van der Waals surface area contributed by atoms with Crippen molar-refractivity contribution in [3.63, 3.8) is 0 Å². The molecule has 186 valence electrons. The Bertz CT molecular complexity index is 689. The molecule has 0 saturated heterocycles. The van der Waals surface area contributed by atoms with Crippen LogP contribution in [-0.4, -0.2) is 40.9 Å². The summed E-state index contributed by atoms with van der Waals surface area (Å²) >= 11 is 0. The Morgan fingerprint density at radius 3 is 1.88 bits per heavy atom. The monoisotopic (exact) mass is 460 g/mol. The topological polar surface area (TPSA) is 86.7 Å². The molecule has 0 radical (unpaired) electrons. The zero-order valence-electron chi connectivity index (χ0n) is 20.7. The second-order valence-corrected chi connectivity index (χ2v) is 8.85. The minimum Gasteiger partial charge on any atom is -0.478 e. The Morgan fingerprint density at radius 1 is 0.788 bits per heavy atom. The molecule has 0 saturated carbocycles. The van der Waals surface area contributed by atoms with Crippen LogP contribution in [0.3, 0.4) is 0 Å². The summed E-state index contributed by atoms with van der Waals surface area (Å²) in [4.78, 5) is 38.2. The Kier molecular flexibility index (Phi) is 15.7. The second-order valence-electron chi connectivity index (χ2n) is 8.85. The molecule has 2 N–H and O–H groups in total. The van der Waals surface area contributed by atoms with Crippen molar-refractivity contribution in [3.8, 4) is 0 Å². The van der Waals surface area contributed by atoms with Crippen molar-refractivity contribution in [1.82, 2.24) is 4.90 Å². The first kappa shape index (κ1) is 28.7. The average molecular weight is 461 g/mol. The van der Waals surface area contributed by atoms with Gasteiger partial charge in [0.25, 0.3) is 0 Å². The predicted octanol–water partition coefficient (Wildman–Crippen LogP) is 6.65. The second kappa shape index (κ2) is 18.1. The molecule has 6 nitrogen and oxygen atoms in total. The molecule has 0 spiro atoms. The third-order valence-corrected chi connectivity index (χ3v) is 5.88. The summed E-state index contributed by atoms with van der Waals surface area (Å²) in [5.74, 6) is -1.28. The first-order valence-corrected chi connectivity index (χ1v) is 12.9. The highest BCUT2D eigenvalue weighted by Gasteiger charge is 2.15. The quantitative estimate of drug-likeness (QED) is 0.226. The lowest BCUT2D eigenvalue weighted by atomic mass is 10.1. The van der Waals surface area contributed by atoms with E-state index < -0.39 is 5.97 Å². The van der Waals surface area contributed by atoms with Crippen LogP contribution in [0.25, 0.3) is 0 Å². The molecule has 2 amide bonds. The van der Waals surface area contributed by atoms with Gasteiger partial charge >= 0.3 is 5.97 Å². The largest absolute Gasteiger partial charge is 0.478 e. The van der Waals surface area contributed by atoms with E-state index in [4.69, 9.17) is 5.11 Å². The number of amides is 2. The van der Waals surface area contributed by atoms with Gasteiger partial charge in [0, 0.05) is 31.6 Å². The van der Waals surface area contributed by atoms with Gasteiger partial charge in [0.2, 0.25) is 11.8 Å². The molecule has 0 fully saturated rings. The van der Waals surface area contributed by atoms with Crippen LogP contribution >= 0.6 is 0 Å². The molecule has 0 aliphatic rings. The lowest BCUT2D eigenvalue weighted by molar-refractivity contribution is -0.133. The fourth-order valence-corrected chi connectivity index (χ4v) is 3.86. The number of carboxylic acid groups (broad SMARTS) is 1. The molecule has 0 aliphatic carbocycles. The molecule has 1 aromatic carbocycles. The third-order valence-electron chi connectivity index (χ3n) is 5.88. The smallest absolute Gasteiger partial charge is 0.335 e. The minimum atomic E-state index is -1.04. The van der Waals surface area contributed by atoms with E-state index in [-0.39, 0.29) is 30.2 Å². The van der Waals surface area contributed by atoms with Crippen LogP contribution in [0.5, 0.6) is 0 Å². The van der Waals surface area contributed by atoms with Gasteiger partial charge in [-0.05, 0) is 31.0 Å². The fourth-order valence-electron chi connectivity index (χ4n) is 3.86. The number of carboxylic acids is 1. The number of hydrogen-bond donors (Lipinski definition) is 2. The van der Waals surface area contributed by atoms with Gasteiger partial charge in [0.1, 0.15) is 0 Å². The van der Waals surface area contributed by atoms with E-state index in [1.54, 1.807) is 12.1 Å². The number of nitrogens with zero attached hydrogens (tertiary/aromatic N) is 1. The van der Waals surface area contributed by atoms with E-state index in [0.29, 0.717) is 5.69 Å².